The number of nitrogens with one attached hydrogen (secondary N) is 2. The maximum absolute atomic E-state index is 12.2. The Kier molecular flexibility index (Phi) is 11.8. The van der Waals surface area contributed by atoms with Crippen molar-refractivity contribution in [2.75, 3.05) is 26.7 Å². The van der Waals surface area contributed by atoms with E-state index in [0.29, 0.717) is 12.5 Å². The normalized spacial score (nSPS) is 12.0. The van der Waals surface area contributed by atoms with Crippen LogP contribution in [0.15, 0.2) is 29.3 Å². The van der Waals surface area contributed by atoms with E-state index in [9.17, 15) is 13.2 Å². The van der Waals surface area contributed by atoms with Gasteiger partial charge in [-0.1, -0.05) is 38.1 Å². The Morgan fingerprint density at radius 2 is 1.76 bits per heavy atom. The maximum Gasteiger partial charge on any atom is 0.390 e. The molecule has 0 saturated heterocycles. The van der Waals surface area contributed by atoms with Gasteiger partial charge in [-0.05, 0) is 24.2 Å². The Labute approximate surface area is 165 Å². The molecule has 0 bridgehead atoms. The number of rotatable bonds is 8. The van der Waals surface area contributed by atoms with Gasteiger partial charge in [-0.25, -0.2) is 0 Å². The molecule has 0 fully saturated rings. The average molecular weight is 472 g/mol. The van der Waals surface area contributed by atoms with Crippen molar-refractivity contribution < 1.29 is 13.2 Å². The lowest BCUT2D eigenvalue weighted by Gasteiger charge is -2.18. The molecule has 0 heterocycles. The van der Waals surface area contributed by atoms with E-state index < -0.39 is 12.6 Å². The zero-order valence-corrected chi connectivity index (χ0v) is 17.3. The molecule has 25 heavy (non-hydrogen) atoms. The SMILES string of the molecule is CCN(CC)Cc1cccc(CNC(=NC)NCCC(F)(F)F)c1.I. The van der Waals surface area contributed by atoms with Crippen LogP contribution in [0, 0.1) is 0 Å². The number of guanidine groups is 1. The van der Waals surface area contributed by atoms with E-state index in [1.165, 1.54) is 5.56 Å². The van der Waals surface area contributed by atoms with Crippen LogP contribution in [0.25, 0.3) is 0 Å². The van der Waals surface area contributed by atoms with Crippen LogP contribution in [0.5, 0.6) is 0 Å². The number of halogens is 4. The van der Waals surface area contributed by atoms with Crippen LogP contribution in [0.2, 0.25) is 0 Å². The third kappa shape index (κ3) is 10.5. The van der Waals surface area contributed by atoms with Crippen LogP contribution in [0.3, 0.4) is 0 Å². The number of aliphatic imine (C=N–C) groups is 1. The minimum absolute atomic E-state index is 0. The summed E-state index contributed by atoms with van der Waals surface area (Å²) in [7, 11) is 1.54. The van der Waals surface area contributed by atoms with Crippen molar-refractivity contribution in [3.05, 3.63) is 35.4 Å². The summed E-state index contributed by atoms with van der Waals surface area (Å²) >= 11 is 0. The van der Waals surface area contributed by atoms with Crippen molar-refractivity contribution >= 4 is 29.9 Å². The van der Waals surface area contributed by atoms with Gasteiger partial charge in [0.25, 0.3) is 0 Å². The van der Waals surface area contributed by atoms with E-state index in [0.717, 1.165) is 25.2 Å². The summed E-state index contributed by atoms with van der Waals surface area (Å²) in [6.07, 6.45) is -5.04. The van der Waals surface area contributed by atoms with E-state index in [1.54, 1.807) is 7.05 Å². The van der Waals surface area contributed by atoms with Gasteiger partial charge >= 0.3 is 6.18 Å². The number of hydrogen-bond acceptors (Lipinski definition) is 2. The zero-order valence-electron chi connectivity index (χ0n) is 15.0. The molecule has 0 atom stereocenters. The fourth-order valence-corrected chi connectivity index (χ4v) is 2.27. The van der Waals surface area contributed by atoms with Crippen molar-refractivity contribution in [2.24, 2.45) is 4.99 Å². The highest BCUT2D eigenvalue weighted by Crippen LogP contribution is 2.18. The molecule has 144 valence electrons. The summed E-state index contributed by atoms with van der Waals surface area (Å²) in [4.78, 5) is 6.26. The smallest absolute Gasteiger partial charge is 0.356 e. The predicted octanol–water partition coefficient (Wildman–Crippen LogP) is 3.76. The first kappa shape index (κ1) is 24.0. The van der Waals surface area contributed by atoms with E-state index >= 15 is 0 Å². The molecule has 0 unspecified atom stereocenters. The van der Waals surface area contributed by atoms with Crippen molar-refractivity contribution in [3.8, 4) is 0 Å². The third-order valence-electron chi connectivity index (χ3n) is 3.68. The molecule has 0 amide bonds. The van der Waals surface area contributed by atoms with Crippen LogP contribution in [0.4, 0.5) is 13.2 Å². The molecule has 0 aromatic heterocycles. The van der Waals surface area contributed by atoms with Gasteiger partial charge in [-0.2, -0.15) is 13.2 Å². The van der Waals surface area contributed by atoms with Crippen LogP contribution in [0.1, 0.15) is 31.4 Å². The molecule has 0 saturated carbocycles. The molecule has 0 aliphatic carbocycles. The molecule has 0 aliphatic heterocycles. The Balaban J connectivity index is 0.00000576. The highest BCUT2D eigenvalue weighted by molar-refractivity contribution is 14.0. The first-order chi connectivity index (χ1) is 11.4. The monoisotopic (exact) mass is 472 g/mol. The Hall–Kier alpha value is -1.03. The summed E-state index contributed by atoms with van der Waals surface area (Å²) in [6.45, 7) is 7.46. The lowest BCUT2D eigenvalue weighted by molar-refractivity contribution is -0.132. The highest BCUT2D eigenvalue weighted by atomic mass is 127. The van der Waals surface area contributed by atoms with E-state index in [4.69, 9.17) is 0 Å². The molecule has 0 aliphatic rings. The van der Waals surface area contributed by atoms with Crippen molar-refractivity contribution in [1.82, 2.24) is 15.5 Å². The number of alkyl halides is 3. The van der Waals surface area contributed by atoms with Gasteiger partial charge in [0.2, 0.25) is 0 Å². The molecule has 1 rings (SSSR count). The minimum Gasteiger partial charge on any atom is -0.356 e. The van der Waals surface area contributed by atoms with Crippen LogP contribution < -0.4 is 10.6 Å². The van der Waals surface area contributed by atoms with Gasteiger partial charge in [0.15, 0.2) is 5.96 Å². The molecule has 1 aromatic carbocycles. The Bertz CT molecular complexity index is 517. The first-order valence-corrected chi connectivity index (χ1v) is 8.19. The van der Waals surface area contributed by atoms with Crippen LogP contribution in [-0.4, -0.2) is 43.7 Å². The van der Waals surface area contributed by atoms with Gasteiger partial charge in [0.1, 0.15) is 0 Å². The van der Waals surface area contributed by atoms with Crippen LogP contribution in [-0.2, 0) is 13.1 Å². The summed E-state index contributed by atoms with van der Waals surface area (Å²) in [5.41, 5.74) is 2.29. The van der Waals surface area contributed by atoms with Gasteiger partial charge in [0.05, 0.1) is 6.42 Å². The van der Waals surface area contributed by atoms with Crippen LogP contribution >= 0.6 is 24.0 Å². The van der Waals surface area contributed by atoms with Gasteiger partial charge in [-0.15, -0.1) is 24.0 Å². The average Bonchev–Trinajstić information content (AvgIpc) is 2.55. The van der Waals surface area contributed by atoms with Crippen molar-refractivity contribution in [3.63, 3.8) is 0 Å². The number of hydrogen-bond donors (Lipinski definition) is 2. The molecule has 2 N–H and O–H groups in total. The minimum atomic E-state index is -4.16. The van der Waals surface area contributed by atoms with E-state index in [1.807, 2.05) is 12.1 Å². The molecule has 0 radical (unpaired) electrons. The second kappa shape index (κ2) is 12.3. The molecule has 4 nitrogen and oxygen atoms in total. The topological polar surface area (TPSA) is 39.7 Å². The Morgan fingerprint density at radius 3 is 2.32 bits per heavy atom. The van der Waals surface area contributed by atoms with E-state index in [2.05, 4.69) is 46.5 Å². The van der Waals surface area contributed by atoms with Crippen molar-refractivity contribution in [1.29, 1.82) is 0 Å². The molecular weight excluding hydrogens is 444 g/mol. The standard InChI is InChI=1S/C17H27F3N4.HI/c1-4-24(5-2)13-15-8-6-7-14(11-15)12-23-16(21-3)22-10-9-17(18,19)20;/h6-8,11H,4-5,9-10,12-13H2,1-3H3,(H2,21,22,23);1H. The summed E-state index contributed by atoms with van der Waals surface area (Å²) in [5, 5.41) is 5.71. The summed E-state index contributed by atoms with van der Waals surface area (Å²) in [5.74, 6) is 0.369. The third-order valence-corrected chi connectivity index (χ3v) is 3.68. The lowest BCUT2D eigenvalue weighted by atomic mass is 10.1. The fourth-order valence-electron chi connectivity index (χ4n) is 2.27. The van der Waals surface area contributed by atoms with E-state index in [-0.39, 0.29) is 30.5 Å². The quantitative estimate of drug-likeness (QED) is 0.344. The van der Waals surface area contributed by atoms with Crippen molar-refractivity contribution in [2.45, 2.75) is 39.5 Å². The zero-order chi connectivity index (χ0) is 18.0. The number of benzene rings is 1. The number of nitrogens with zero attached hydrogens (tertiary/aromatic N) is 2. The second-order valence-corrected chi connectivity index (χ2v) is 5.50. The highest BCUT2D eigenvalue weighted by Gasteiger charge is 2.26. The van der Waals surface area contributed by atoms with Gasteiger partial charge in [0, 0.05) is 26.7 Å². The second-order valence-electron chi connectivity index (χ2n) is 5.50. The largest absolute Gasteiger partial charge is 0.390 e. The Morgan fingerprint density at radius 1 is 1.12 bits per heavy atom. The maximum atomic E-state index is 12.2. The molecular formula is C17H28F3IN4. The fraction of sp³-hybridized carbons (Fsp3) is 0.588. The molecule has 8 heteroatoms. The lowest BCUT2D eigenvalue weighted by Crippen LogP contribution is -2.38. The van der Waals surface area contributed by atoms with Gasteiger partial charge < -0.3 is 10.6 Å². The predicted molar refractivity (Wildman–Crippen MR) is 107 cm³/mol. The van der Waals surface area contributed by atoms with Gasteiger partial charge in [-0.3, -0.25) is 9.89 Å². The molecule has 0 spiro atoms. The summed E-state index contributed by atoms with van der Waals surface area (Å²) in [6, 6.07) is 8.17. The summed E-state index contributed by atoms with van der Waals surface area (Å²) < 4.78 is 36.5. The first-order valence-electron chi connectivity index (χ1n) is 8.19. The molecule has 1 aromatic rings.